The number of hydrogen-bond donors (Lipinski definition) is 2. The van der Waals surface area contributed by atoms with Gasteiger partial charge in [0.1, 0.15) is 6.04 Å². The second-order valence-electron chi connectivity index (χ2n) is 6.95. The lowest BCUT2D eigenvalue weighted by Crippen LogP contribution is -2.47. The van der Waals surface area contributed by atoms with Crippen molar-refractivity contribution in [2.45, 2.75) is 33.2 Å². The van der Waals surface area contributed by atoms with E-state index in [4.69, 9.17) is 4.74 Å². The third-order valence-corrected chi connectivity index (χ3v) is 5.26. The average Bonchev–Trinajstić information content (AvgIpc) is 2.71. The summed E-state index contributed by atoms with van der Waals surface area (Å²) in [5.41, 5.74) is 1.85. The topological polar surface area (TPSA) is 73.9 Å². The van der Waals surface area contributed by atoms with E-state index in [1.165, 1.54) is 7.11 Å². The molecule has 1 aliphatic heterocycles. The Hall–Kier alpha value is -2.28. The number of likely N-dealkylation sites (N-methyl/N-ethyl adjacent to an activating group) is 1. The summed E-state index contributed by atoms with van der Waals surface area (Å²) >= 11 is 0. The van der Waals surface area contributed by atoms with Crippen LogP contribution in [0.15, 0.2) is 24.3 Å². The molecule has 1 aliphatic rings. The molecule has 1 aromatic rings. The Morgan fingerprint density at radius 2 is 1.74 bits per heavy atom. The fraction of sp³-hybridized carbons (Fsp3) is 0.600. The molecular weight excluding hydrogens is 344 g/mol. The highest BCUT2D eigenvalue weighted by Gasteiger charge is 2.26. The van der Waals surface area contributed by atoms with Gasteiger partial charge in [-0.3, -0.25) is 0 Å². The van der Waals surface area contributed by atoms with E-state index in [1.54, 1.807) is 0 Å². The van der Waals surface area contributed by atoms with Crippen LogP contribution < -0.4 is 15.5 Å². The van der Waals surface area contributed by atoms with Gasteiger partial charge in [0, 0.05) is 37.6 Å². The van der Waals surface area contributed by atoms with E-state index in [0.29, 0.717) is 5.69 Å². The van der Waals surface area contributed by atoms with Crippen LogP contribution in [-0.2, 0) is 9.53 Å². The van der Waals surface area contributed by atoms with Crippen molar-refractivity contribution in [1.82, 2.24) is 10.2 Å². The van der Waals surface area contributed by atoms with E-state index in [0.717, 1.165) is 44.8 Å². The number of carbonyl (C=O) groups excluding carboxylic acids is 2. The first-order chi connectivity index (χ1) is 13.0. The summed E-state index contributed by atoms with van der Waals surface area (Å²) in [6.07, 6.45) is 0.764. The normalized spacial score (nSPS) is 17.1. The number of ether oxygens (including phenoxy) is 1. The molecule has 0 radical (unpaired) electrons. The molecule has 2 atom stereocenters. The molecular formula is C20H32N4O3. The molecule has 2 unspecified atom stereocenters. The minimum Gasteiger partial charge on any atom is -0.467 e. The molecule has 27 heavy (non-hydrogen) atoms. The smallest absolute Gasteiger partial charge is 0.328 e. The van der Waals surface area contributed by atoms with Gasteiger partial charge in [-0.2, -0.15) is 0 Å². The fourth-order valence-corrected chi connectivity index (χ4v) is 3.18. The maximum Gasteiger partial charge on any atom is 0.328 e. The van der Waals surface area contributed by atoms with Crippen molar-refractivity contribution >= 4 is 23.4 Å². The number of piperazine rings is 1. The van der Waals surface area contributed by atoms with Gasteiger partial charge in [-0.15, -0.1) is 0 Å². The predicted octanol–water partition coefficient (Wildman–Crippen LogP) is 2.54. The molecule has 1 aromatic carbocycles. The van der Waals surface area contributed by atoms with Gasteiger partial charge in [-0.1, -0.05) is 27.2 Å². The lowest BCUT2D eigenvalue weighted by atomic mass is 9.99. The van der Waals surface area contributed by atoms with Gasteiger partial charge in [0.15, 0.2) is 0 Å². The first kappa shape index (κ1) is 21.0. The van der Waals surface area contributed by atoms with Crippen LogP contribution in [0.25, 0.3) is 0 Å². The molecule has 7 nitrogen and oxygen atoms in total. The summed E-state index contributed by atoms with van der Waals surface area (Å²) < 4.78 is 4.79. The molecule has 2 amide bonds. The number of methoxy groups -OCH3 is 1. The Morgan fingerprint density at radius 1 is 1.11 bits per heavy atom. The molecule has 1 heterocycles. The van der Waals surface area contributed by atoms with Crippen LogP contribution in [-0.4, -0.2) is 62.8 Å². The predicted molar refractivity (Wildman–Crippen MR) is 108 cm³/mol. The van der Waals surface area contributed by atoms with Gasteiger partial charge in [-0.25, -0.2) is 9.59 Å². The maximum absolute atomic E-state index is 12.3. The van der Waals surface area contributed by atoms with Crippen molar-refractivity contribution in [1.29, 1.82) is 0 Å². The fourth-order valence-electron chi connectivity index (χ4n) is 3.18. The van der Waals surface area contributed by atoms with E-state index >= 15 is 0 Å². The standard InChI is InChI=1S/C20H32N4O3/c1-5-15(3)18(19(25)27-4)22-20(26)21-16-7-9-17(10-8-16)24-13-11-23(6-2)12-14-24/h7-10,15,18H,5-6,11-14H2,1-4H3,(H2,21,22,26). The Balaban J connectivity index is 1.91. The lowest BCUT2D eigenvalue weighted by molar-refractivity contribution is -0.144. The molecule has 0 aromatic heterocycles. The van der Waals surface area contributed by atoms with Crippen molar-refractivity contribution in [2.24, 2.45) is 5.92 Å². The van der Waals surface area contributed by atoms with Crippen LogP contribution in [0.5, 0.6) is 0 Å². The van der Waals surface area contributed by atoms with Gasteiger partial charge >= 0.3 is 12.0 Å². The zero-order chi connectivity index (χ0) is 19.8. The number of nitrogens with one attached hydrogen (secondary N) is 2. The van der Waals surface area contributed by atoms with E-state index in [-0.39, 0.29) is 5.92 Å². The second-order valence-corrected chi connectivity index (χ2v) is 6.95. The van der Waals surface area contributed by atoms with Crippen LogP contribution in [0.2, 0.25) is 0 Å². The maximum atomic E-state index is 12.3. The highest BCUT2D eigenvalue weighted by molar-refractivity contribution is 5.92. The molecule has 0 spiro atoms. The molecule has 150 valence electrons. The van der Waals surface area contributed by atoms with Crippen molar-refractivity contribution < 1.29 is 14.3 Å². The average molecular weight is 377 g/mol. The number of esters is 1. The number of amides is 2. The highest BCUT2D eigenvalue weighted by atomic mass is 16.5. The Morgan fingerprint density at radius 3 is 2.26 bits per heavy atom. The minimum absolute atomic E-state index is 0.00707. The highest BCUT2D eigenvalue weighted by Crippen LogP contribution is 2.19. The molecule has 2 N–H and O–H groups in total. The number of hydrogen-bond acceptors (Lipinski definition) is 5. The van der Waals surface area contributed by atoms with Gasteiger partial charge in [0.05, 0.1) is 7.11 Å². The molecule has 0 saturated carbocycles. The summed E-state index contributed by atoms with van der Waals surface area (Å²) in [7, 11) is 1.33. The number of rotatable bonds is 7. The second kappa shape index (κ2) is 10.2. The molecule has 0 bridgehead atoms. The Bertz CT molecular complexity index is 612. The third kappa shape index (κ3) is 5.85. The third-order valence-electron chi connectivity index (χ3n) is 5.26. The largest absolute Gasteiger partial charge is 0.467 e. The number of urea groups is 1. The number of nitrogens with zero attached hydrogens (tertiary/aromatic N) is 2. The zero-order valence-corrected chi connectivity index (χ0v) is 16.8. The van der Waals surface area contributed by atoms with Crippen LogP contribution in [0.4, 0.5) is 16.2 Å². The van der Waals surface area contributed by atoms with E-state index in [9.17, 15) is 9.59 Å². The van der Waals surface area contributed by atoms with Crippen LogP contribution >= 0.6 is 0 Å². The zero-order valence-electron chi connectivity index (χ0n) is 16.8. The summed E-state index contributed by atoms with van der Waals surface area (Å²) in [4.78, 5) is 29.0. The van der Waals surface area contributed by atoms with E-state index < -0.39 is 18.0 Å². The van der Waals surface area contributed by atoms with Gasteiger partial charge < -0.3 is 25.2 Å². The number of anilines is 2. The van der Waals surface area contributed by atoms with Gasteiger partial charge in [-0.05, 0) is 36.7 Å². The lowest BCUT2D eigenvalue weighted by Gasteiger charge is -2.35. The first-order valence-corrected chi connectivity index (χ1v) is 9.71. The van der Waals surface area contributed by atoms with E-state index in [2.05, 4.69) is 27.4 Å². The summed E-state index contributed by atoms with van der Waals surface area (Å²) in [5, 5.41) is 5.51. The molecule has 7 heteroatoms. The quantitative estimate of drug-likeness (QED) is 0.716. The summed E-state index contributed by atoms with van der Waals surface area (Å²) in [6.45, 7) is 11.3. The minimum atomic E-state index is -0.658. The van der Waals surface area contributed by atoms with Crippen molar-refractivity contribution in [3.63, 3.8) is 0 Å². The van der Waals surface area contributed by atoms with Crippen LogP contribution in [0.3, 0.4) is 0 Å². The first-order valence-electron chi connectivity index (χ1n) is 9.71. The Labute approximate surface area is 162 Å². The van der Waals surface area contributed by atoms with Crippen LogP contribution in [0.1, 0.15) is 27.2 Å². The van der Waals surface area contributed by atoms with E-state index in [1.807, 2.05) is 38.1 Å². The van der Waals surface area contributed by atoms with Crippen molar-refractivity contribution in [2.75, 3.05) is 50.1 Å². The van der Waals surface area contributed by atoms with Crippen molar-refractivity contribution in [3.8, 4) is 0 Å². The Kier molecular flexibility index (Phi) is 7.91. The molecule has 1 fully saturated rings. The van der Waals surface area contributed by atoms with Crippen LogP contribution in [0, 0.1) is 5.92 Å². The van der Waals surface area contributed by atoms with Crippen molar-refractivity contribution in [3.05, 3.63) is 24.3 Å². The molecule has 2 rings (SSSR count). The van der Waals surface area contributed by atoms with Gasteiger partial charge in [0.25, 0.3) is 0 Å². The van der Waals surface area contributed by atoms with Gasteiger partial charge in [0.2, 0.25) is 0 Å². The number of carbonyl (C=O) groups is 2. The SMILES string of the molecule is CCC(C)C(NC(=O)Nc1ccc(N2CCN(CC)CC2)cc1)C(=O)OC. The monoisotopic (exact) mass is 376 g/mol. The number of benzene rings is 1. The summed E-state index contributed by atoms with van der Waals surface area (Å²) in [6, 6.07) is 6.74. The molecule has 0 aliphatic carbocycles. The molecule has 1 saturated heterocycles. The summed E-state index contributed by atoms with van der Waals surface area (Å²) in [5.74, 6) is -0.437.